The van der Waals surface area contributed by atoms with Crippen LogP contribution in [0.2, 0.25) is 0 Å². The minimum Gasteiger partial charge on any atom is -0.493 e. The first-order valence-electron chi connectivity index (χ1n) is 7.90. The first kappa shape index (κ1) is 18.8. The number of halogens is 1. The van der Waals surface area contributed by atoms with Crippen LogP contribution in [0.4, 0.5) is 10.2 Å². The molecule has 25 heavy (non-hydrogen) atoms. The van der Waals surface area contributed by atoms with Gasteiger partial charge in [0.25, 0.3) is 5.91 Å². The predicted octanol–water partition coefficient (Wildman–Crippen LogP) is 3.42. The van der Waals surface area contributed by atoms with Crippen molar-refractivity contribution in [3.63, 3.8) is 0 Å². The fourth-order valence-electron chi connectivity index (χ4n) is 2.49. The third-order valence-electron chi connectivity index (χ3n) is 3.60. The molecule has 0 radical (unpaired) electrons. The van der Waals surface area contributed by atoms with Crippen LogP contribution in [-0.2, 0) is 13.5 Å². The predicted molar refractivity (Wildman–Crippen MR) is 93.8 cm³/mol. The van der Waals surface area contributed by atoms with Gasteiger partial charge < -0.3 is 14.8 Å². The van der Waals surface area contributed by atoms with Gasteiger partial charge in [-0.3, -0.25) is 9.48 Å². The molecule has 0 unspecified atom stereocenters. The molecule has 2 rings (SSSR count). The van der Waals surface area contributed by atoms with E-state index in [1.54, 1.807) is 17.8 Å². The minimum atomic E-state index is -0.688. The number of aromatic nitrogens is 2. The number of aryl methyl sites for hydroxylation is 1. The molecular formula is C18H24FN3O3. The van der Waals surface area contributed by atoms with Gasteiger partial charge in [-0.15, -0.1) is 0 Å². The van der Waals surface area contributed by atoms with Gasteiger partial charge in [-0.05, 0) is 17.9 Å². The third kappa shape index (κ3) is 4.49. The number of methoxy groups -OCH3 is 2. The third-order valence-corrected chi connectivity index (χ3v) is 3.60. The van der Waals surface area contributed by atoms with Crippen LogP contribution in [0.25, 0.3) is 0 Å². The maximum absolute atomic E-state index is 14.2. The Morgan fingerprint density at radius 3 is 2.36 bits per heavy atom. The molecule has 1 aromatic carbocycles. The number of amides is 1. The fourth-order valence-corrected chi connectivity index (χ4v) is 2.49. The SMILES string of the molecule is COc1cc(F)c(C(=O)Nc2cc(CC(C)(C)C)nn2C)cc1OC. The summed E-state index contributed by atoms with van der Waals surface area (Å²) in [4.78, 5) is 12.5. The Balaban J connectivity index is 2.26. The molecule has 0 bridgehead atoms. The smallest absolute Gasteiger partial charge is 0.259 e. The number of benzene rings is 1. The second-order valence-electron chi connectivity index (χ2n) is 7.02. The van der Waals surface area contributed by atoms with E-state index in [0.717, 1.165) is 18.2 Å². The highest BCUT2D eigenvalue weighted by atomic mass is 19.1. The summed E-state index contributed by atoms with van der Waals surface area (Å²) in [5, 5.41) is 7.08. The van der Waals surface area contributed by atoms with E-state index in [1.807, 2.05) is 0 Å². The van der Waals surface area contributed by atoms with E-state index in [1.165, 1.54) is 20.3 Å². The van der Waals surface area contributed by atoms with Crippen LogP contribution in [0, 0.1) is 11.2 Å². The number of nitrogens with zero attached hydrogens (tertiary/aromatic N) is 2. The van der Waals surface area contributed by atoms with E-state index in [2.05, 4.69) is 31.2 Å². The topological polar surface area (TPSA) is 65.4 Å². The molecule has 0 aliphatic carbocycles. The van der Waals surface area contributed by atoms with Gasteiger partial charge in [-0.25, -0.2) is 4.39 Å². The summed E-state index contributed by atoms with van der Waals surface area (Å²) in [5.41, 5.74) is 0.805. The maximum atomic E-state index is 14.2. The number of anilines is 1. The summed E-state index contributed by atoms with van der Waals surface area (Å²) in [6, 6.07) is 4.24. The van der Waals surface area contributed by atoms with E-state index < -0.39 is 11.7 Å². The average Bonchev–Trinajstić information content (AvgIpc) is 2.83. The molecule has 6 nitrogen and oxygen atoms in total. The summed E-state index contributed by atoms with van der Waals surface area (Å²) in [6.07, 6.45) is 0.765. The number of ether oxygens (including phenoxy) is 2. The Hall–Kier alpha value is -2.57. The van der Waals surface area contributed by atoms with Gasteiger partial charge in [0.2, 0.25) is 0 Å². The molecule has 7 heteroatoms. The van der Waals surface area contributed by atoms with E-state index in [-0.39, 0.29) is 22.5 Å². The summed E-state index contributed by atoms with van der Waals surface area (Å²) in [7, 11) is 4.56. The Bertz CT molecular complexity index is 779. The number of rotatable bonds is 5. The van der Waals surface area contributed by atoms with Crippen LogP contribution in [-0.4, -0.2) is 29.9 Å². The van der Waals surface area contributed by atoms with Crippen LogP contribution in [0.15, 0.2) is 18.2 Å². The average molecular weight is 349 g/mol. The lowest BCUT2D eigenvalue weighted by Crippen LogP contribution is -2.16. The van der Waals surface area contributed by atoms with Crippen LogP contribution < -0.4 is 14.8 Å². The van der Waals surface area contributed by atoms with Crippen molar-refractivity contribution in [2.24, 2.45) is 12.5 Å². The molecule has 1 amide bonds. The van der Waals surface area contributed by atoms with Gasteiger partial charge in [0.05, 0.1) is 25.5 Å². The van der Waals surface area contributed by atoms with Gasteiger partial charge in [0.1, 0.15) is 11.6 Å². The fraction of sp³-hybridized carbons (Fsp3) is 0.444. The Kier molecular flexibility index (Phi) is 5.35. The zero-order valence-electron chi connectivity index (χ0n) is 15.4. The Labute approximate surface area is 146 Å². The number of hydrogen-bond acceptors (Lipinski definition) is 4. The second-order valence-corrected chi connectivity index (χ2v) is 7.02. The van der Waals surface area contributed by atoms with Crippen molar-refractivity contribution in [3.8, 4) is 11.5 Å². The van der Waals surface area contributed by atoms with Crippen molar-refractivity contribution in [1.82, 2.24) is 9.78 Å². The molecule has 0 spiro atoms. The molecular weight excluding hydrogens is 325 g/mol. The number of nitrogens with one attached hydrogen (secondary N) is 1. The molecule has 0 atom stereocenters. The van der Waals surface area contributed by atoms with Crippen LogP contribution >= 0.6 is 0 Å². The lowest BCUT2D eigenvalue weighted by Gasteiger charge is -2.15. The molecule has 1 heterocycles. The quantitative estimate of drug-likeness (QED) is 0.898. The van der Waals surface area contributed by atoms with Gasteiger partial charge in [-0.2, -0.15) is 5.10 Å². The number of carbonyl (C=O) groups excluding carboxylic acids is 1. The van der Waals surface area contributed by atoms with Gasteiger partial charge in [0, 0.05) is 19.2 Å². The molecule has 136 valence electrons. The summed E-state index contributed by atoms with van der Waals surface area (Å²) in [5.74, 6) is -0.258. The van der Waals surface area contributed by atoms with Crippen LogP contribution in [0.3, 0.4) is 0 Å². The summed E-state index contributed by atoms with van der Waals surface area (Å²) >= 11 is 0. The van der Waals surface area contributed by atoms with Crippen molar-refractivity contribution in [2.45, 2.75) is 27.2 Å². The molecule has 1 N–H and O–H groups in total. The molecule has 0 saturated heterocycles. The monoisotopic (exact) mass is 349 g/mol. The van der Waals surface area contributed by atoms with Crippen molar-refractivity contribution >= 4 is 11.7 Å². The molecule has 0 aliphatic heterocycles. The van der Waals surface area contributed by atoms with Crippen molar-refractivity contribution in [1.29, 1.82) is 0 Å². The normalized spacial score (nSPS) is 11.3. The highest BCUT2D eigenvalue weighted by Gasteiger charge is 2.20. The molecule has 0 aliphatic rings. The standard InChI is InChI=1S/C18H24FN3O3/c1-18(2,3)10-11-7-16(22(4)21-11)20-17(23)12-8-14(24-5)15(25-6)9-13(12)19/h7-9H,10H2,1-6H3,(H,20,23). The van der Waals surface area contributed by atoms with Gasteiger partial charge in [-0.1, -0.05) is 20.8 Å². The van der Waals surface area contributed by atoms with Crippen LogP contribution in [0.5, 0.6) is 11.5 Å². The van der Waals surface area contributed by atoms with E-state index in [4.69, 9.17) is 9.47 Å². The highest BCUT2D eigenvalue weighted by molar-refractivity contribution is 6.04. The first-order chi connectivity index (χ1) is 11.6. The first-order valence-corrected chi connectivity index (χ1v) is 7.90. The van der Waals surface area contributed by atoms with Gasteiger partial charge in [0.15, 0.2) is 11.5 Å². The highest BCUT2D eigenvalue weighted by Crippen LogP contribution is 2.30. The molecule has 0 fully saturated rings. The lowest BCUT2D eigenvalue weighted by molar-refractivity contribution is 0.102. The van der Waals surface area contributed by atoms with E-state index >= 15 is 0 Å². The van der Waals surface area contributed by atoms with Gasteiger partial charge >= 0.3 is 0 Å². The molecule has 2 aromatic rings. The summed E-state index contributed by atoms with van der Waals surface area (Å²) in [6.45, 7) is 6.33. The zero-order valence-corrected chi connectivity index (χ0v) is 15.4. The molecule has 1 aromatic heterocycles. The van der Waals surface area contributed by atoms with Crippen molar-refractivity contribution in [3.05, 3.63) is 35.3 Å². The van der Waals surface area contributed by atoms with E-state index in [0.29, 0.717) is 5.82 Å². The van der Waals surface area contributed by atoms with Crippen molar-refractivity contribution in [2.75, 3.05) is 19.5 Å². The molecule has 0 saturated carbocycles. The van der Waals surface area contributed by atoms with E-state index in [9.17, 15) is 9.18 Å². The largest absolute Gasteiger partial charge is 0.493 e. The second kappa shape index (κ2) is 7.13. The number of carbonyl (C=O) groups is 1. The minimum absolute atomic E-state index is 0.0745. The van der Waals surface area contributed by atoms with Crippen molar-refractivity contribution < 1.29 is 18.7 Å². The number of hydrogen-bond donors (Lipinski definition) is 1. The summed E-state index contributed by atoms with van der Waals surface area (Å²) < 4.78 is 25.9. The Morgan fingerprint density at radius 1 is 1.20 bits per heavy atom. The van der Waals surface area contributed by atoms with Crippen LogP contribution in [0.1, 0.15) is 36.8 Å². The zero-order chi connectivity index (χ0) is 18.8. The maximum Gasteiger partial charge on any atom is 0.259 e. The Morgan fingerprint density at radius 2 is 1.80 bits per heavy atom. The lowest BCUT2D eigenvalue weighted by atomic mass is 9.91.